The van der Waals surface area contributed by atoms with Gasteiger partial charge in [-0.15, -0.1) is 5.10 Å². The molecule has 8 nitrogen and oxygen atoms in total. The summed E-state index contributed by atoms with van der Waals surface area (Å²) in [5.74, 6) is -1.67. The Balaban J connectivity index is 1.46. The summed E-state index contributed by atoms with van der Waals surface area (Å²) in [6.07, 6.45) is 1.93. The summed E-state index contributed by atoms with van der Waals surface area (Å²) < 4.78 is 19.6. The van der Waals surface area contributed by atoms with Crippen molar-refractivity contribution >= 4 is 5.97 Å². The van der Waals surface area contributed by atoms with Gasteiger partial charge in [0.15, 0.2) is 5.60 Å². The van der Waals surface area contributed by atoms with Crippen LogP contribution in [0, 0.1) is 5.82 Å². The molecule has 0 radical (unpaired) electrons. The Morgan fingerprint density at radius 3 is 2.34 bits per heavy atom. The van der Waals surface area contributed by atoms with Gasteiger partial charge < -0.3 is 14.9 Å². The van der Waals surface area contributed by atoms with Gasteiger partial charge in [-0.25, -0.2) is 13.9 Å². The summed E-state index contributed by atoms with van der Waals surface area (Å²) in [5.41, 5.74) is 0.442. The Morgan fingerprint density at radius 1 is 1.06 bits per heavy atom. The number of aliphatic carboxylic acids is 1. The number of nitrogens with zero attached hydrogens (tertiary/aromatic N) is 3. The highest BCUT2D eigenvalue weighted by Crippen LogP contribution is 2.20. The summed E-state index contributed by atoms with van der Waals surface area (Å²) in [7, 11) is 0. The first-order valence-corrected chi connectivity index (χ1v) is 10.1. The minimum Gasteiger partial charge on any atom is -0.479 e. The van der Waals surface area contributed by atoms with Crippen LogP contribution in [0.5, 0.6) is 0 Å². The molecule has 0 fully saturated rings. The van der Waals surface area contributed by atoms with Gasteiger partial charge in [-0.2, -0.15) is 0 Å². The lowest BCUT2D eigenvalue weighted by Gasteiger charge is -2.23. The minimum absolute atomic E-state index is 0.0995. The van der Waals surface area contributed by atoms with Crippen molar-refractivity contribution in [2.45, 2.75) is 31.4 Å². The molecule has 1 unspecified atom stereocenters. The zero-order valence-corrected chi connectivity index (χ0v) is 17.4. The van der Waals surface area contributed by atoms with Crippen LogP contribution in [-0.4, -0.2) is 50.0 Å². The van der Waals surface area contributed by atoms with E-state index in [4.69, 9.17) is 4.74 Å². The Bertz CT molecular complexity index is 1090. The standard InChI is InChI=1S/C23H24FN3O5/c24-20-8-6-19(7-9-20)18-4-2-17(3-5-18)11-15-32-16-23(31,22(29)30)12-1-14-27-21(28)10-13-25-26-27/h2-10,13,31H,1,11-12,14-16H2,(H,29,30). The third-order valence-electron chi connectivity index (χ3n) is 5.06. The van der Waals surface area contributed by atoms with Gasteiger partial charge in [0.25, 0.3) is 5.56 Å². The van der Waals surface area contributed by atoms with E-state index in [0.717, 1.165) is 21.4 Å². The van der Waals surface area contributed by atoms with Gasteiger partial charge >= 0.3 is 5.97 Å². The van der Waals surface area contributed by atoms with Crippen LogP contribution in [0.3, 0.4) is 0 Å². The summed E-state index contributed by atoms with van der Waals surface area (Å²) >= 11 is 0. The maximum atomic E-state index is 13.0. The molecule has 168 valence electrons. The topological polar surface area (TPSA) is 115 Å². The monoisotopic (exact) mass is 441 g/mol. The van der Waals surface area contributed by atoms with Crippen LogP contribution in [0.4, 0.5) is 4.39 Å². The molecule has 0 saturated heterocycles. The second-order valence-corrected chi connectivity index (χ2v) is 7.43. The van der Waals surface area contributed by atoms with Crippen LogP contribution in [0.1, 0.15) is 18.4 Å². The molecule has 0 aliphatic carbocycles. The quantitative estimate of drug-likeness (QED) is 0.439. The number of ether oxygens (including phenoxy) is 1. The first-order valence-electron chi connectivity index (χ1n) is 10.1. The van der Waals surface area contributed by atoms with Gasteiger partial charge in [-0.05, 0) is 48.1 Å². The number of rotatable bonds is 11. The summed E-state index contributed by atoms with van der Waals surface area (Å²) in [6.45, 7) is 0.00311. The van der Waals surface area contributed by atoms with Crippen LogP contribution in [0.15, 0.2) is 65.6 Å². The van der Waals surface area contributed by atoms with Crippen molar-refractivity contribution < 1.29 is 24.1 Å². The largest absolute Gasteiger partial charge is 0.479 e. The van der Waals surface area contributed by atoms with Gasteiger partial charge in [-0.3, -0.25) is 4.79 Å². The number of halogens is 1. The van der Waals surface area contributed by atoms with Crippen molar-refractivity contribution in [2.75, 3.05) is 13.2 Å². The summed E-state index contributed by atoms with van der Waals surface area (Å²) in [6, 6.07) is 15.2. The Labute approximate surface area is 183 Å². The molecule has 2 N–H and O–H groups in total. The zero-order valence-electron chi connectivity index (χ0n) is 17.4. The van der Waals surface area contributed by atoms with E-state index >= 15 is 0 Å². The van der Waals surface area contributed by atoms with Gasteiger partial charge in [0.2, 0.25) is 0 Å². The number of hydrogen-bond acceptors (Lipinski definition) is 6. The van der Waals surface area contributed by atoms with Crippen LogP contribution < -0.4 is 5.56 Å². The normalized spacial score (nSPS) is 12.9. The number of carboxylic acid groups (broad SMARTS) is 1. The van der Waals surface area contributed by atoms with Gasteiger partial charge in [-0.1, -0.05) is 41.6 Å². The number of carbonyl (C=O) groups is 1. The fraction of sp³-hybridized carbons (Fsp3) is 0.304. The molecule has 1 heterocycles. The first-order chi connectivity index (χ1) is 15.4. The van der Waals surface area contributed by atoms with Crippen molar-refractivity contribution in [2.24, 2.45) is 0 Å². The number of aliphatic hydroxyl groups is 1. The molecule has 3 aromatic rings. The Morgan fingerprint density at radius 2 is 1.72 bits per heavy atom. The van der Waals surface area contributed by atoms with Crippen LogP contribution >= 0.6 is 0 Å². The maximum absolute atomic E-state index is 13.0. The first kappa shape index (κ1) is 23.2. The maximum Gasteiger partial charge on any atom is 0.338 e. The number of aryl methyl sites for hydroxylation is 1. The smallest absolute Gasteiger partial charge is 0.338 e. The molecule has 0 aliphatic heterocycles. The molecule has 2 aromatic carbocycles. The zero-order chi connectivity index (χ0) is 23.0. The van der Waals surface area contributed by atoms with E-state index in [1.165, 1.54) is 24.4 Å². The third-order valence-corrected chi connectivity index (χ3v) is 5.06. The van der Waals surface area contributed by atoms with Crippen LogP contribution in [0.25, 0.3) is 11.1 Å². The van der Waals surface area contributed by atoms with E-state index in [0.29, 0.717) is 6.42 Å². The SMILES string of the molecule is O=C(O)C(O)(CCCn1nnccc1=O)COCCc1ccc(-c2ccc(F)cc2)cc1. The van der Waals surface area contributed by atoms with E-state index in [1.54, 1.807) is 12.1 Å². The highest BCUT2D eigenvalue weighted by Gasteiger charge is 2.35. The minimum atomic E-state index is -2.06. The van der Waals surface area contributed by atoms with E-state index in [2.05, 4.69) is 10.3 Å². The molecule has 9 heteroatoms. The molecule has 0 amide bonds. The highest BCUT2D eigenvalue weighted by atomic mass is 19.1. The average Bonchev–Trinajstić information content (AvgIpc) is 2.79. The highest BCUT2D eigenvalue weighted by molar-refractivity contribution is 5.77. The van der Waals surface area contributed by atoms with E-state index < -0.39 is 11.6 Å². The van der Waals surface area contributed by atoms with Gasteiger partial charge in [0.1, 0.15) is 5.82 Å². The van der Waals surface area contributed by atoms with E-state index in [1.807, 2.05) is 24.3 Å². The number of aromatic nitrogens is 3. The van der Waals surface area contributed by atoms with Crippen molar-refractivity contribution in [1.29, 1.82) is 0 Å². The predicted octanol–water partition coefficient (Wildman–Crippen LogP) is 2.30. The molecule has 3 rings (SSSR count). The molecular formula is C23H24FN3O5. The lowest BCUT2D eigenvalue weighted by molar-refractivity contribution is -0.166. The van der Waals surface area contributed by atoms with Crippen LogP contribution in [-0.2, 0) is 22.5 Å². The lowest BCUT2D eigenvalue weighted by Crippen LogP contribution is -2.43. The molecule has 0 aliphatic rings. The number of benzene rings is 2. The van der Waals surface area contributed by atoms with E-state index in [-0.39, 0.29) is 44.0 Å². The van der Waals surface area contributed by atoms with Gasteiger partial charge in [0.05, 0.1) is 19.4 Å². The van der Waals surface area contributed by atoms with Crippen molar-refractivity contribution in [3.8, 4) is 11.1 Å². The summed E-state index contributed by atoms with van der Waals surface area (Å²) in [4.78, 5) is 23.1. The molecule has 32 heavy (non-hydrogen) atoms. The number of hydrogen-bond donors (Lipinski definition) is 2. The van der Waals surface area contributed by atoms with Gasteiger partial charge in [0, 0.05) is 12.6 Å². The molecule has 0 spiro atoms. The lowest BCUT2D eigenvalue weighted by atomic mass is 9.99. The fourth-order valence-electron chi connectivity index (χ4n) is 3.17. The molecule has 0 bridgehead atoms. The third kappa shape index (κ3) is 6.29. The molecule has 0 saturated carbocycles. The Hall–Kier alpha value is -3.43. The van der Waals surface area contributed by atoms with Crippen molar-refractivity contribution in [3.05, 3.63) is 82.5 Å². The molecule has 1 aromatic heterocycles. The molecular weight excluding hydrogens is 417 g/mol. The second kappa shape index (κ2) is 10.7. The fourth-order valence-corrected chi connectivity index (χ4v) is 3.17. The summed E-state index contributed by atoms with van der Waals surface area (Å²) in [5, 5.41) is 27.1. The Kier molecular flexibility index (Phi) is 7.80. The van der Waals surface area contributed by atoms with Crippen molar-refractivity contribution in [1.82, 2.24) is 15.0 Å². The second-order valence-electron chi connectivity index (χ2n) is 7.43. The van der Waals surface area contributed by atoms with Crippen molar-refractivity contribution in [3.63, 3.8) is 0 Å². The van der Waals surface area contributed by atoms with Crippen LogP contribution in [0.2, 0.25) is 0 Å². The van der Waals surface area contributed by atoms with E-state index in [9.17, 15) is 24.2 Å². The molecule has 1 atom stereocenters. The predicted molar refractivity (Wildman–Crippen MR) is 114 cm³/mol. The number of carboxylic acids is 1. The average molecular weight is 441 g/mol.